The molecule has 2 heterocycles. The molecule has 0 atom stereocenters. The zero-order valence-corrected chi connectivity index (χ0v) is 29.4. The molecule has 2 aromatic heterocycles. The molecular weight excluding hydrogens is 661 g/mol. The lowest BCUT2D eigenvalue weighted by Crippen LogP contribution is -2.10. The van der Waals surface area contributed by atoms with Gasteiger partial charge in [0.1, 0.15) is 0 Å². The maximum absolute atomic E-state index is 2.50. The zero-order valence-electron chi connectivity index (χ0n) is 28.6. The Morgan fingerprint density at radius 3 is 2.02 bits per heavy atom. The number of nitrogens with zero attached hydrogens (tertiary/aromatic N) is 2. The Hall–Kier alpha value is -6.68. The van der Waals surface area contributed by atoms with E-state index in [2.05, 4.69) is 191 Å². The molecule has 0 spiro atoms. The van der Waals surface area contributed by atoms with Crippen molar-refractivity contribution in [2.45, 2.75) is 0 Å². The SMILES string of the molecule is c1ccc(-n2c3ccccc3c3cc(N(c4ccc5c(c4)-c4c6ccccc6cc6cccc-5c46)c4cccc5sc6ccccc6c45)ccc32)cc1. The third kappa shape index (κ3) is 4.08. The van der Waals surface area contributed by atoms with Gasteiger partial charge in [0, 0.05) is 48.0 Å². The third-order valence-electron chi connectivity index (χ3n) is 11.3. The molecule has 0 unspecified atom stereocenters. The van der Waals surface area contributed by atoms with Gasteiger partial charge in [-0.3, -0.25) is 0 Å². The van der Waals surface area contributed by atoms with Crippen LogP contribution in [0.5, 0.6) is 0 Å². The van der Waals surface area contributed by atoms with Crippen LogP contribution in [0.3, 0.4) is 0 Å². The minimum absolute atomic E-state index is 1.13. The maximum Gasteiger partial charge on any atom is 0.0554 e. The van der Waals surface area contributed by atoms with Crippen LogP contribution >= 0.6 is 11.3 Å². The summed E-state index contributed by atoms with van der Waals surface area (Å²) in [5, 5.41) is 10.3. The molecule has 0 saturated heterocycles. The minimum atomic E-state index is 1.13. The number of thiophene rings is 1. The fourth-order valence-electron chi connectivity index (χ4n) is 9.06. The van der Waals surface area contributed by atoms with E-state index in [4.69, 9.17) is 0 Å². The lowest BCUT2D eigenvalue weighted by Gasteiger charge is -2.27. The highest BCUT2D eigenvalue weighted by molar-refractivity contribution is 7.26. The molecule has 1 aliphatic carbocycles. The summed E-state index contributed by atoms with van der Waals surface area (Å²) in [6, 6.07) is 67.2. The van der Waals surface area contributed by atoms with E-state index < -0.39 is 0 Å². The molecule has 0 radical (unpaired) electrons. The molecule has 0 aliphatic heterocycles. The molecule has 1 aliphatic rings. The van der Waals surface area contributed by atoms with Crippen LogP contribution in [0, 0.1) is 0 Å². The Bertz CT molecular complexity index is 3290. The summed E-state index contributed by atoms with van der Waals surface area (Å²) in [5.74, 6) is 0. The second-order valence-corrected chi connectivity index (χ2v) is 15.2. The summed E-state index contributed by atoms with van der Waals surface area (Å²) in [4.78, 5) is 2.50. The average molecular weight is 691 g/mol. The quantitative estimate of drug-likeness (QED) is 0.167. The number of anilines is 3. The Morgan fingerprint density at radius 1 is 0.396 bits per heavy atom. The third-order valence-corrected chi connectivity index (χ3v) is 12.4. The van der Waals surface area contributed by atoms with E-state index in [1.807, 2.05) is 11.3 Å². The van der Waals surface area contributed by atoms with Crippen molar-refractivity contribution in [3.63, 3.8) is 0 Å². The highest BCUT2D eigenvalue weighted by Gasteiger charge is 2.27. The molecule has 11 aromatic rings. The van der Waals surface area contributed by atoms with Gasteiger partial charge in [0.25, 0.3) is 0 Å². The van der Waals surface area contributed by atoms with E-state index in [-0.39, 0.29) is 0 Å². The first-order chi connectivity index (χ1) is 26.3. The minimum Gasteiger partial charge on any atom is -0.310 e. The van der Waals surface area contributed by atoms with E-state index >= 15 is 0 Å². The first-order valence-corrected chi connectivity index (χ1v) is 19.0. The van der Waals surface area contributed by atoms with Crippen LogP contribution in [0.25, 0.3) is 91.5 Å². The highest BCUT2D eigenvalue weighted by atomic mass is 32.1. The van der Waals surface area contributed by atoms with Crippen molar-refractivity contribution in [3.8, 4) is 27.9 Å². The number of hydrogen-bond acceptors (Lipinski definition) is 2. The highest BCUT2D eigenvalue weighted by Crippen LogP contribution is 2.53. The molecule has 53 heavy (non-hydrogen) atoms. The van der Waals surface area contributed by atoms with Crippen LogP contribution in [-0.4, -0.2) is 4.57 Å². The zero-order chi connectivity index (χ0) is 34.6. The molecule has 0 saturated carbocycles. The van der Waals surface area contributed by atoms with Crippen LogP contribution in [0.2, 0.25) is 0 Å². The molecule has 246 valence electrons. The van der Waals surface area contributed by atoms with Crippen LogP contribution in [0.4, 0.5) is 17.1 Å². The Balaban J connectivity index is 1.16. The van der Waals surface area contributed by atoms with Gasteiger partial charge in [0.15, 0.2) is 0 Å². The lowest BCUT2D eigenvalue weighted by atomic mass is 9.95. The second-order valence-electron chi connectivity index (χ2n) is 14.1. The first kappa shape index (κ1) is 29.0. The van der Waals surface area contributed by atoms with Crippen molar-refractivity contribution in [1.29, 1.82) is 0 Å². The van der Waals surface area contributed by atoms with Gasteiger partial charge in [-0.1, -0.05) is 109 Å². The molecule has 0 bridgehead atoms. The average Bonchev–Trinajstić information content (AvgIpc) is 3.87. The van der Waals surface area contributed by atoms with Crippen LogP contribution in [0.1, 0.15) is 0 Å². The smallest absolute Gasteiger partial charge is 0.0554 e. The van der Waals surface area contributed by atoms with Gasteiger partial charge in [-0.2, -0.15) is 0 Å². The van der Waals surface area contributed by atoms with E-state index in [0.29, 0.717) is 0 Å². The number of benzene rings is 9. The number of aromatic nitrogens is 1. The molecule has 12 rings (SSSR count). The van der Waals surface area contributed by atoms with Gasteiger partial charge in [0.2, 0.25) is 0 Å². The molecular formula is C50H30N2S. The molecule has 9 aromatic carbocycles. The molecule has 0 amide bonds. The number of hydrogen-bond donors (Lipinski definition) is 0. The van der Waals surface area contributed by atoms with E-state index in [1.165, 1.54) is 91.5 Å². The van der Waals surface area contributed by atoms with Gasteiger partial charge in [0.05, 0.1) is 16.7 Å². The van der Waals surface area contributed by atoms with Gasteiger partial charge >= 0.3 is 0 Å². The Kier molecular flexibility index (Phi) is 5.96. The van der Waals surface area contributed by atoms with E-state index in [9.17, 15) is 0 Å². The Labute approximate surface area is 310 Å². The number of rotatable bonds is 4. The summed E-state index contributed by atoms with van der Waals surface area (Å²) in [5.41, 5.74) is 12.3. The van der Waals surface area contributed by atoms with Crippen molar-refractivity contribution < 1.29 is 0 Å². The summed E-state index contributed by atoms with van der Waals surface area (Å²) in [6.07, 6.45) is 0. The normalized spacial score (nSPS) is 12.2. The predicted molar refractivity (Wildman–Crippen MR) is 228 cm³/mol. The van der Waals surface area contributed by atoms with Crippen molar-refractivity contribution >= 4 is 91.9 Å². The fourth-order valence-corrected chi connectivity index (χ4v) is 10.2. The Morgan fingerprint density at radius 2 is 1.09 bits per heavy atom. The van der Waals surface area contributed by atoms with Crippen molar-refractivity contribution in [1.82, 2.24) is 4.57 Å². The van der Waals surface area contributed by atoms with Crippen molar-refractivity contribution in [3.05, 3.63) is 182 Å². The summed E-state index contributed by atoms with van der Waals surface area (Å²) in [7, 11) is 0. The standard InChI is InChI=1S/C50H30N2S/c1-2-14-33(15-3-1)52-43-20-8-6-17-38(43)41-29-35(25-27-44(41)52)51(45-21-11-23-47-50(45)40-18-7-9-22-46(40)53-47)34-24-26-37-39-19-10-13-32-28-31-12-4-5-16-36(31)49(48(32)39)42(37)30-34/h1-30H. The summed E-state index contributed by atoms with van der Waals surface area (Å²) < 4.78 is 4.99. The van der Waals surface area contributed by atoms with E-state index in [0.717, 1.165) is 17.1 Å². The maximum atomic E-state index is 2.50. The van der Waals surface area contributed by atoms with Gasteiger partial charge < -0.3 is 9.47 Å². The van der Waals surface area contributed by atoms with Gasteiger partial charge in [-0.15, -0.1) is 11.3 Å². The first-order valence-electron chi connectivity index (χ1n) is 18.2. The topological polar surface area (TPSA) is 8.17 Å². The van der Waals surface area contributed by atoms with Crippen LogP contribution in [-0.2, 0) is 0 Å². The lowest BCUT2D eigenvalue weighted by molar-refractivity contribution is 1.18. The molecule has 3 heteroatoms. The second kappa shape index (κ2) is 10.9. The van der Waals surface area contributed by atoms with Crippen molar-refractivity contribution in [2.24, 2.45) is 0 Å². The number of fused-ring (bicyclic) bond motifs is 11. The van der Waals surface area contributed by atoms with Crippen LogP contribution < -0.4 is 4.90 Å². The van der Waals surface area contributed by atoms with Gasteiger partial charge in [-0.25, -0.2) is 0 Å². The van der Waals surface area contributed by atoms with Crippen molar-refractivity contribution in [2.75, 3.05) is 4.90 Å². The molecule has 0 fully saturated rings. The van der Waals surface area contributed by atoms with Crippen LogP contribution in [0.15, 0.2) is 182 Å². The predicted octanol–water partition coefficient (Wildman–Crippen LogP) is 14.6. The summed E-state index contributed by atoms with van der Waals surface area (Å²) in [6.45, 7) is 0. The largest absolute Gasteiger partial charge is 0.310 e. The molecule has 2 nitrogen and oxygen atoms in total. The summed E-state index contributed by atoms with van der Waals surface area (Å²) >= 11 is 1.87. The fraction of sp³-hybridized carbons (Fsp3) is 0. The number of para-hydroxylation sites is 2. The van der Waals surface area contributed by atoms with Gasteiger partial charge in [-0.05, 0) is 117 Å². The molecule has 0 N–H and O–H groups in total. The monoisotopic (exact) mass is 690 g/mol. The van der Waals surface area contributed by atoms with E-state index in [1.54, 1.807) is 0 Å².